The van der Waals surface area contributed by atoms with E-state index in [1.54, 1.807) is 12.1 Å². The molecule has 0 atom stereocenters. The number of aromatic amines is 1. The molecule has 0 aliphatic heterocycles. The highest BCUT2D eigenvalue weighted by Gasteiger charge is 2.03. The second kappa shape index (κ2) is 2.41. The number of rotatable bonds is 1. The molecule has 1 aromatic carbocycles. The Hall–Kier alpha value is -1.71. The molecule has 0 radical (unpaired) electrons. The fourth-order valence-electron chi connectivity index (χ4n) is 1.21. The monoisotopic (exact) mass is 161 g/mol. The molecule has 2 aromatic rings. The van der Waals surface area contributed by atoms with Gasteiger partial charge in [0, 0.05) is 0 Å². The van der Waals surface area contributed by atoms with Gasteiger partial charge in [-0.1, -0.05) is 6.07 Å². The van der Waals surface area contributed by atoms with Crippen molar-refractivity contribution >= 4 is 16.7 Å². The van der Waals surface area contributed by atoms with Crippen LogP contribution in [0.1, 0.15) is 5.82 Å². The Morgan fingerprint density at radius 3 is 3.08 bits per heavy atom. The molecule has 0 amide bonds. The number of aryl methyl sites for hydroxylation is 1. The molecule has 0 bridgehead atoms. The molecule has 4 nitrogen and oxygen atoms in total. The van der Waals surface area contributed by atoms with Crippen molar-refractivity contribution in [3.05, 3.63) is 28.9 Å². The van der Waals surface area contributed by atoms with E-state index in [-0.39, 0.29) is 0 Å². The van der Waals surface area contributed by atoms with Crippen molar-refractivity contribution in [3.8, 4) is 0 Å². The van der Waals surface area contributed by atoms with Gasteiger partial charge in [0.15, 0.2) is 0 Å². The number of benzene rings is 1. The number of hydrogen-bond donors (Lipinski definition) is 1. The summed E-state index contributed by atoms with van der Waals surface area (Å²) in [7, 11) is 0. The van der Waals surface area contributed by atoms with Gasteiger partial charge >= 0.3 is 0 Å². The summed E-state index contributed by atoms with van der Waals surface area (Å²) >= 11 is 0. The zero-order valence-corrected chi connectivity index (χ0v) is 6.53. The van der Waals surface area contributed by atoms with E-state index in [1.165, 1.54) is 0 Å². The number of para-hydroxylation sites is 1. The normalized spacial score (nSPS) is 10.4. The molecule has 0 saturated carbocycles. The highest BCUT2D eigenvalue weighted by molar-refractivity contribution is 5.86. The molecule has 0 aliphatic carbocycles. The van der Waals surface area contributed by atoms with Crippen LogP contribution in [0, 0.1) is 11.8 Å². The third kappa shape index (κ3) is 0.887. The highest BCUT2D eigenvalue weighted by Crippen LogP contribution is 2.22. The Labute approximate surface area is 68.6 Å². The van der Waals surface area contributed by atoms with E-state index in [1.807, 2.05) is 13.0 Å². The molecule has 60 valence electrons. The second-order valence-electron chi connectivity index (χ2n) is 2.59. The van der Waals surface area contributed by atoms with E-state index in [4.69, 9.17) is 0 Å². The maximum atomic E-state index is 10.3. The van der Waals surface area contributed by atoms with E-state index < -0.39 is 0 Å². The summed E-state index contributed by atoms with van der Waals surface area (Å²) < 4.78 is 0. The van der Waals surface area contributed by atoms with Gasteiger partial charge in [-0.3, -0.25) is 0 Å². The first-order valence-electron chi connectivity index (χ1n) is 3.60. The molecule has 1 N–H and O–H groups in total. The molecule has 0 spiro atoms. The number of nitrogens with one attached hydrogen (secondary N) is 1. The number of fused-ring (bicyclic) bond motifs is 1. The predicted octanol–water partition coefficient (Wildman–Crippen LogP) is 2.27. The van der Waals surface area contributed by atoms with Gasteiger partial charge in [0.1, 0.15) is 17.0 Å². The third-order valence-electron chi connectivity index (χ3n) is 1.71. The largest absolute Gasteiger partial charge is 0.342 e. The molecule has 1 heterocycles. The molecule has 4 heteroatoms. The summed E-state index contributed by atoms with van der Waals surface area (Å²) in [5, 5.41) is 2.88. The number of H-pyrrole nitrogens is 1. The lowest BCUT2D eigenvalue weighted by molar-refractivity contribution is 1.17. The SMILES string of the molecule is Cc1nc2c(N=O)cccc2[nH]1. The van der Waals surface area contributed by atoms with Gasteiger partial charge < -0.3 is 4.98 Å². The van der Waals surface area contributed by atoms with Gasteiger partial charge in [-0.25, -0.2) is 4.98 Å². The van der Waals surface area contributed by atoms with Crippen LogP contribution in [0.4, 0.5) is 5.69 Å². The maximum Gasteiger partial charge on any atom is 0.135 e. The molecule has 2 rings (SSSR count). The quantitative estimate of drug-likeness (QED) is 0.652. The van der Waals surface area contributed by atoms with Crippen LogP contribution in [-0.2, 0) is 0 Å². The van der Waals surface area contributed by atoms with Crippen molar-refractivity contribution in [3.63, 3.8) is 0 Å². The van der Waals surface area contributed by atoms with Crippen LogP contribution < -0.4 is 0 Å². The molecular weight excluding hydrogens is 154 g/mol. The molecule has 0 aliphatic rings. The van der Waals surface area contributed by atoms with E-state index in [0.717, 1.165) is 11.3 Å². The standard InChI is InChI=1S/C8H7N3O/c1-5-9-6-3-2-4-7(11-12)8(6)10-5/h2-4H,1H3,(H,9,10). The second-order valence-corrected chi connectivity index (χ2v) is 2.59. The van der Waals surface area contributed by atoms with Gasteiger partial charge in [0.2, 0.25) is 0 Å². The summed E-state index contributed by atoms with van der Waals surface area (Å²) in [4.78, 5) is 17.5. The molecule has 1 aromatic heterocycles. The predicted molar refractivity (Wildman–Crippen MR) is 46.3 cm³/mol. The lowest BCUT2D eigenvalue weighted by Gasteiger charge is -1.88. The van der Waals surface area contributed by atoms with Crippen LogP contribution in [0.2, 0.25) is 0 Å². The van der Waals surface area contributed by atoms with Crippen LogP contribution in [0.15, 0.2) is 23.4 Å². The van der Waals surface area contributed by atoms with Crippen molar-refractivity contribution in [1.29, 1.82) is 0 Å². The first-order valence-corrected chi connectivity index (χ1v) is 3.60. The number of hydrogen-bond acceptors (Lipinski definition) is 3. The van der Waals surface area contributed by atoms with Gasteiger partial charge in [-0.05, 0) is 24.2 Å². The number of imidazole rings is 1. The van der Waals surface area contributed by atoms with E-state index in [2.05, 4.69) is 15.1 Å². The van der Waals surface area contributed by atoms with Gasteiger partial charge in [-0.2, -0.15) is 0 Å². The van der Waals surface area contributed by atoms with Crippen LogP contribution in [-0.4, -0.2) is 9.97 Å². The van der Waals surface area contributed by atoms with Crippen molar-refractivity contribution in [1.82, 2.24) is 9.97 Å². The lowest BCUT2D eigenvalue weighted by Crippen LogP contribution is -1.69. The summed E-state index contributed by atoms with van der Waals surface area (Å²) in [6, 6.07) is 5.29. The van der Waals surface area contributed by atoms with Crippen LogP contribution in [0.3, 0.4) is 0 Å². The summed E-state index contributed by atoms with van der Waals surface area (Å²) in [5.74, 6) is 0.793. The minimum absolute atomic E-state index is 0.386. The summed E-state index contributed by atoms with van der Waals surface area (Å²) in [5.41, 5.74) is 1.88. The maximum absolute atomic E-state index is 10.3. The summed E-state index contributed by atoms with van der Waals surface area (Å²) in [6.45, 7) is 1.84. The van der Waals surface area contributed by atoms with E-state index in [9.17, 15) is 4.91 Å². The van der Waals surface area contributed by atoms with Crippen molar-refractivity contribution in [2.75, 3.05) is 0 Å². The Kier molecular flexibility index (Phi) is 1.40. The van der Waals surface area contributed by atoms with Crippen molar-refractivity contribution in [2.24, 2.45) is 5.18 Å². The minimum Gasteiger partial charge on any atom is -0.342 e. The van der Waals surface area contributed by atoms with Crippen LogP contribution in [0.5, 0.6) is 0 Å². The van der Waals surface area contributed by atoms with E-state index >= 15 is 0 Å². The zero-order chi connectivity index (χ0) is 8.55. The molecule has 12 heavy (non-hydrogen) atoms. The molecular formula is C8H7N3O. The molecule has 0 fully saturated rings. The fourth-order valence-corrected chi connectivity index (χ4v) is 1.21. The van der Waals surface area contributed by atoms with Crippen molar-refractivity contribution in [2.45, 2.75) is 6.92 Å². The van der Waals surface area contributed by atoms with Gasteiger partial charge in [0.05, 0.1) is 5.52 Å². The molecule has 0 unspecified atom stereocenters. The zero-order valence-electron chi connectivity index (χ0n) is 6.53. The highest BCUT2D eigenvalue weighted by atomic mass is 16.3. The Morgan fingerprint density at radius 1 is 1.50 bits per heavy atom. The number of nitroso groups, excluding NO2 is 1. The summed E-state index contributed by atoms with van der Waals surface area (Å²) in [6.07, 6.45) is 0. The topological polar surface area (TPSA) is 58.1 Å². The van der Waals surface area contributed by atoms with Crippen molar-refractivity contribution < 1.29 is 0 Å². The first-order chi connectivity index (χ1) is 5.81. The Balaban J connectivity index is 2.86. The lowest BCUT2D eigenvalue weighted by atomic mass is 10.3. The molecule has 0 saturated heterocycles. The smallest absolute Gasteiger partial charge is 0.135 e. The van der Waals surface area contributed by atoms with Gasteiger partial charge in [0.25, 0.3) is 0 Å². The minimum atomic E-state index is 0.386. The van der Waals surface area contributed by atoms with Crippen LogP contribution in [0.25, 0.3) is 11.0 Å². The fraction of sp³-hybridized carbons (Fsp3) is 0.125. The van der Waals surface area contributed by atoms with Gasteiger partial charge in [-0.15, -0.1) is 4.91 Å². The van der Waals surface area contributed by atoms with Crippen LogP contribution >= 0.6 is 0 Å². The number of nitrogens with zero attached hydrogens (tertiary/aromatic N) is 2. The average Bonchev–Trinajstić information content (AvgIpc) is 2.44. The average molecular weight is 161 g/mol. The van der Waals surface area contributed by atoms with E-state index in [0.29, 0.717) is 11.2 Å². The Bertz CT molecular complexity index is 433. The Morgan fingerprint density at radius 2 is 2.33 bits per heavy atom. The number of aromatic nitrogens is 2. The first kappa shape index (κ1) is 6.97. The third-order valence-corrected chi connectivity index (χ3v) is 1.71.